The van der Waals surface area contributed by atoms with Gasteiger partial charge in [0.1, 0.15) is 0 Å². The van der Waals surface area contributed by atoms with Crippen LogP contribution in [0.1, 0.15) is 41.0 Å². The van der Waals surface area contributed by atoms with Gasteiger partial charge in [0.25, 0.3) is 0 Å². The van der Waals surface area contributed by atoms with E-state index in [0.717, 1.165) is 6.42 Å². The maximum atomic E-state index is 11.5. The topological polar surface area (TPSA) is 72.8 Å². The fraction of sp³-hybridized carbons (Fsp3) is 0.385. The first kappa shape index (κ1) is 14.2. The standard InChI is InChI=1S/C13H16O5/c1-9(2)6-7-17-18-13(16)11-5-3-4-10(8-11)12(14)15/h3-5,8-9H,6-7H2,1-2H3,(H,14,15). The molecule has 5 heteroatoms. The van der Waals surface area contributed by atoms with Crippen LogP contribution < -0.4 is 0 Å². The van der Waals surface area contributed by atoms with E-state index in [4.69, 9.17) is 9.99 Å². The lowest BCUT2D eigenvalue weighted by atomic mass is 10.1. The Morgan fingerprint density at radius 2 is 1.94 bits per heavy atom. The molecule has 0 aliphatic carbocycles. The number of benzene rings is 1. The second kappa shape index (κ2) is 6.76. The summed E-state index contributed by atoms with van der Waals surface area (Å²) < 4.78 is 0. The molecule has 0 saturated heterocycles. The Hall–Kier alpha value is -1.88. The van der Waals surface area contributed by atoms with Gasteiger partial charge in [0, 0.05) is 0 Å². The zero-order valence-electron chi connectivity index (χ0n) is 10.4. The predicted octanol–water partition coefficient (Wildman–Crippen LogP) is 2.52. The summed E-state index contributed by atoms with van der Waals surface area (Å²) in [4.78, 5) is 31.6. The molecule has 0 fully saturated rings. The molecule has 98 valence electrons. The largest absolute Gasteiger partial charge is 0.478 e. The summed E-state index contributed by atoms with van der Waals surface area (Å²) in [6.45, 7) is 4.38. The molecule has 0 saturated carbocycles. The highest BCUT2D eigenvalue weighted by atomic mass is 17.2. The number of carboxylic acid groups (broad SMARTS) is 1. The van der Waals surface area contributed by atoms with Gasteiger partial charge < -0.3 is 5.11 Å². The Balaban J connectivity index is 2.51. The molecule has 1 N–H and O–H groups in total. The lowest BCUT2D eigenvalue weighted by molar-refractivity contribution is -0.242. The molecule has 1 rings (SSSR count). The summed E-state index contributed by atoms with van der Waals surface area (Å²) in [7, 11) is 0. The monoisotopic (exact) mass is 252 g/mol. The van der Waals surface area contributed by atoms with Crippen molar-refractivity contribution < 1.29 is 24.5 Å². The molecule has 0 radical (unpaired) electrons. The van der Waals surface area contributed by atoms with E-state index < -0.39 is 11.9 Å². The lowest BCUT2D eigenvalue weighted by Gasteiger charge is -2.05. The Kier molecular flexibility index (Phi) is 5.32. The van der Waals surface area contributed by atoms with Gasteiger partial charge in [0.05, 0.1) is 17.7 Å². The average molecular weight is 252 g/mol. The van der Waals surface area contributed by atoms with Crippen LogP contribution in [0.3, 0.4) is 0 Å². The van der Waals surface area contributed by atoms with E-state index >= 15 is 0 Å². The van der Waals surface area contributed by atoms with Crippen molar-refractivity contribution in [2.24, 2.45) is 5.92 Å². The van der Waals surface area contributed by atoms with Gasteiger partial charge in [-0.1, -0.05) is 19.9 Å². The van der Waals surface area contributed by atoms with E-state index in [1.54, 1.807) is 0 Å². The molecule has 1 aromatic carbocycles. The first-order chi connectivity index (χ1) is 8.50. The normalized spacial score (nSPS) is 10.4. The zero-order valence-corrected chi connectivity index (χ0v) is 10.4. The minimum absolute atomic E-state index is 0.0339. The Morgan fingerprint density at radius 3 is 2.56 bits per heavy atom. The molecule has 18 heavy (non-hydrogen) atoms. The number of aromatic carboxylic acids is 1. The van der Waals surface area contributed by atoms with Crippen molar-refractivity contribution in [1.29, 1.82) is 0 Å². The Morgan fingerprint density at radius 1 is 1.28 bits per heavy atom. The fourth-order valence-corrected chi connectivity index (χ4v) is 1.21. The van der Waals surface area contributed by atoms with E-state index in [0.29, 0.717) is 12.5 Å². The molecule has 5 nitrogen and oxygen atoms in total. The van der Waals surface area contributed by atoms with E-state index in [9.17, 15) is 9.59 Å². The van der Waals surface area contributed by atoms with Crippen molar-refractivity contribution in [3.63, 3.8) is 0 Å². The third kappa shape index (κ3) is 4.55. The highest BCUT2D eigenvalue weighted by molar-refractivity contribution is 5.94. The first-order valence-electron chi connectivity index (χ1n) is 5.68. The van der Waals surface area contributed by atoms with E-state index in [1.807, 2.05) is 13.8 Å². The summed E-state index contributed by atoms with van der Waals surface area (Å²) in [5, 5.41) is 8.78. The molecule has 0 atom stereocenters. The Bertz CT molecular complexity index is 425. The minimum atomic E-state index is -1.09. The van der Waals surface area contributed by atoms with Gasteiger partial charge in [-0.15, -0.1) is 0 Å². The summed E-state index contributed by atoms with van der Waals surface area (Å²) in [5.41, 5.74) is 0.186. The number of carbonyl (C=O) groups excluding carboxylic acids is 1. The number of rotatable bonds is 6. The molecule has 0 heterocycles. The van der Waals surface area contributed by atoms with Crippen molar-refractivity contribution in [3.8, 4) is 0 Å². The van der Waals surface area contributed by atoms with Crippen LogP contribution in [-0.2, 0) is 9.78 Å². The van der Waals surface area contributed by atoms with Crippen LogP contribution in [0.15, 0.2) is 24.3 Å². The van der Waals surface area contributed by atoms with E-state index in [-0.39, 0.29) is 11.1 Å². The van der Waals surface area contributed by atoms with Crippen molar-refractivity contribution >= 4 is 11.9 Å². The molecule has 0 aliphatic heterocycles. The number of carboxylic acids is 1. The van der Waals surface area contributed by atoms with Crippen molar-refractivity contribution in [3.05, 3.63) is 35.4 Å². The third-order valence-corrected chi connectivity index (χ3v) is 2.26. The molecule has 0 unspecified atom stereocenters. The molecule has 0 amide bonds. The van der Waals surface area contributed by atoms with Crippen LogP contribution in [0.2, 0.25) is 0 Å². The van der Waals surface area contributed by atoms with Gasteiger partial charge in [0.2, 0.25) is 0 Å². The maximum Gasteiger partial charge on any atom is 0.373 e. The quantitative estimate of drug-likeness (QED) is 0.478. The molecule has 0 spiro atoms. The molecule has 0 aliphatic rings. The maximum absolute atomic E-state index is 11.5. The van der Waals surface area contributed by atoms with Gasteiger partial charge in [-0.3, -0.25) is 4.89 Å². The fourth-order valence-electron chi connectivity index (χ4n) is 1.21. The highest BCUT2D eigenvalue weighted by Crippen LogP contribution is 2.08. The second-order valence-electron chi connectivity index (χ2n) is 4.26. The first-order valence-corrected chi connectivity index (χ1v) is 5.68. The minimum Gasteiger partial charge on any atom is -0.478 e. The summed E-state index contributed by atoms with van der Waals surface area (Å²) >= 11 is 0. The average Bonchev–Trinajstić information content (AvgIpc) is 2.34. The lowest BCUT2D eigenvalue weighted by Crippen LogP contribution is -2.09. The molecule has 0 aromatic heterocycles. The number of hydrogen-bond acceptors (Lipinski definition) is 4. The zero-order chi connectivity index (χ0) is 13.5. The summed E-state index contributed by atoms with van der Waals surface area (Å²) in [5.74, 6) is -1.33. The van der Waals surface area contributed by atoms with Crippen LogP contribution in [-0.4, -0.2) is 23.7 Å². The Labute approximate surface area is 105 Å². The number of carbonyl (C=O) groups is 2. The van der Waals surface area contributed by atoms with Gasteiger partial charge in [-0.05, 0) is 30.5 Å². The van der Waals surface area contributed by atoms with Crippen LogP contribution in [0.4, 0.5) is 0 Å². The third-order valence-electron chi connectivity index (χ3n) is 2.26. The smallest absolute Gasteiger partial charge is 0.373 e. The van der Waals surface area contributed by atoms with Gasteiger partial charge in [0.15, 0.2) is 0 Å². The molecular weight excluding hydrogens is 236 g/mol. The van der Waals surface area contributed by atoms with E-state index in [1.165, 1.54) is 24.3 Å². The molecule has 0 bridgehead atoms. The summed E-state index contributed by atoms with van der Waals surface area (Å²) in [6.07, 6.45) is 0.780. The van der Waals surface area contributed by atoms with Crippen LogP contribution in [0.5, 0.6) is 0 Å². The van der Waals surface area contributed by atoms with Crippen LogP contribution in [0.25, 0.3) is 0 Å². The van der Waals surface area contributed by atoms with Crippen molar-refractivity contribution in [1.82, 2.24) is 0 Å². The van der Waals surface area contributed by atoms with Crippen LogP contribution >= 0.6 is 0 Å². The van der Waals surface area contributed by atoms with E-state index in [2.05, 4.69) is 4.89 Å². The van der Waals surface area contributed by atoms with Gasteiger partial charge >= 0.3 is 11.9 Å². The van der Waals surface area contributed by atoms with Crippen molar-refractivity contribution in [2.45, 2.75) is 20.3 Å². The predicted molar refractivity (Wildman–Crippen MR) is 64.2 cm³/mol. The van der Waals surface area contributed by atoms with Crippen molar-refractivity contribution in [2.75, 3.05) is 6.61 Å². The van der Waals surface area contributed by atoms with Crippen LogP contribution in [0, 0.1) is 5.92 Å². The number of hydrogen-bond donors (Lipinski definition) is 1. The second-order valence-corrected chi connectivity index (χ2v) is 4.26. The molecular formula is C13H16O5. The van der Waals surface area contributed by atoms with Gasteiger partial charge in [-0.25, -0.2) is 9.59 Å². The molecule has 1 aromatic rings. The SMILES string of the molecule is CC(C)CCOOC(=O)c1cccc(C(=O)O)c1. The van der Waals surface area contributed by atoms with Gasteiger partial charge in [-0.2, -0.15) is 4.89 Å². The highest BCUT2D eigenvalue weighted by Gasteiger charge is 2.11. The summed E-state index contributed by atoms with van der Waals surface area (Å²) in [6, 6.07) is 5.60.